The number of hydrogen-bond acceptors (Lipinski definition) is 6. The molecule has 0 aliphatic rings. The van der Waals surface area contributed by atoms with Crippen molar-refractivity contribution in [2.24, 2.45) is 5.10 Å². The van der Waals surface area contributed by atoms with Gasteiger partial charge in [0.15, 0.2) is 0 Å². The van der Waals surface area contributed by atoms with E-state index in [0.717, 1.165) is 4.31 Å². The van der Waals surface area contributed by atoms with Crippen LogP contribution >= 0.6 is 11.6 Å². The van der Waals surface area contributed by atoms with Gasteiger partial charge < -0.3 is 4.74 Å². The Hall–Kier alpha value is -3.43. The minimum atomic E-state index is -4.11. The van der Waals surface area contributed by atoms with Crippen LogP contribution in [0.2, 0.25) is 5.02 Å². The summed E-state index contributed by atoms with van der Waals surface area (Å²) in [5.41, 5.74) is 2.98. The van der Waals surface area contributed by atoms with Crippen LogP contribution in [-0.4, -0.2) is 39.2 Å². The van der Waals surface area contributed by atoms with E-state index < -0.39 is 22.5 Å². The van der Waals surface area contributed by atoms with Gasteiger partial charge in [0.25, 0.3) is 15.9 Å². The number of rotatable bonds is 8. The summed E-state index contributed by atoms with van der Waals surface area (Å²) >= 11 is 6.09. The average Bonchev–Trinajstić information content (AvgIpc) is 2.78. The SMILES string of the molecule is COc1ccc(Cl)cc1N(CC(=O)N/N=C/c1ccccn1)S(=O)(=O)c1ccccc1. The van der Waals surface area contributed by atoms with Gasteiger partial charge in [0, 0.05) is 11.2 Å². The molecule has 0 spiro atoms. The molecule has 1 N–H and O–H groups in total. The zero-order valence-electron chi connectivity index (χ0n) is 16.5. The first-order chi connectivity index (χ1) is 14.9. The van der Waals surface area contributed by atoms with Crippen LogP contribution in [0, 0.1) is 0 Å². The number of carbonyl (C=O) groups is 1. The summed E-state index contributed by atoms with van der Waals surface area (Å²) in [6.07, 6.45) is 2.94. The lowest BCUT2D eigenvalue weighted by Crippen LogP contribution is -2.39. The number of hydrazone groups is 1. The molecule has 31 heavy (non-hydrogen) atoms. The number of anilines is 1. The lowest BCUT2D eigenvalue weighted by Gasteiger charge is -2.25. The molecule has 2 aromatic carbocycles. The van der Waals surface area contributed by atoms with Crippen LogP contribution < -0.4 is 14.5 Å². The summed E-state index contributed by atoms with van der Waals surface area (Å²) in [6.45, 7) is -0.548. The zero-order chi connectivity index (χ0) is 22.3. The van der Waals surface area contributed by atoms with Crippen LogP contribution in [0.15, 0.2) is 82.9 Å². The summed E-state index contributed by atoms with van der Waals surface area (Å²) in [5, 5.41) is 4.13. The molecule has 3 aromatic rings. The topological polar surface area (TPSA) is 101 Å². The Labute approximate surface area is 185 Å². The fourth-order valence-electron chi connectivity index (χ4n) is 2.67. The number of ether oxygens (including phenoxy) is 1. The minimum Gasteiger partial charge on any atom is -0.495 e. The molecule has 160 valence electrons. The van der Waals surface area contributed by atoms with Gasteiger partial charge in [0.2, 0.25) is 0 Å². The second kappa shape index (κ2) is 10.1. The molecule has 0 aliphatic heterocycles. The van der Waals surface area contributed by atoms with Crippen molar-refractivity contribution in [1.82, 2.24) is 10.4 Å². The first kappa shape index (κ1) is 22.3. The van der Waals surface area contributed by atoms with E-state index in [2.05, 4.69) is 15.5 Å². The fraction of sp³-hybridized carbons (Fsp3) is 0.0952. The van der Waals surface area contributed by atoms with Gasteiger partial charge in [-0.25, -0.2) is 13.8 Å². The molecule has 0 radical (unpaired) electrons. The van der Waals surface area contributed by atoms with Crippen molar-refractivity contribution in [3.63, 3.8) is 0 Å². The molecule has 3 rings (SSSR count). The van der Waals surface area contributed by atoms with E-state index in [1.807, 2.05) is 0 Å². The van der Waals surface area contributed by atoms with E-state index in [-0.39, 0.29) is 21.4 Å². The van der Waals surface area contributed by atoms with Gasteiger partial charge in [-0.2, -0.15) is 5.10 Å². The van der Waals surface area contributed by atoms with Gasteiger partial charge in [-0.3, -0.25) is 14.1 Å². The van der Waals surface area contributed by atoms with E-state index in [9.17, 15) is 13.2 Å². The fourth-order valence-corrected chi connectivity index (χ4v) is 4.28. The largest absolute Gasteiger partial charge is 0.495 e. The third-order valence-corrected chi connectivity index (χ3v) is 6.11. The van der Waals surface area contributed by atoms with Crippen molar-refractivity contribution < 1.29 is 17.9 Å². The predicted octanol–water partition coefficient (Wildman–Crippen LogP) is 3.09. The summed E-state index contributed by atoms with van der Waals surface area (Å²) in [4.78, 5) is 16.6. The van der Waals surface area contributed by atoms with Gasteiger partial charge in [-0.1, -0.05) is 35.9 Å². The quantitative estimate of drug-likeness (QED) is 0.413. The van der Waals surface area contributed by atoms with Crippen LogP contribution in [0.3, 0.4) is 0 Å². The molecule has 0 fully saturated rings. The number of sulfonamides is 1. The van der Waals surface area contributed by atoms with Crippen LogP contribution in [0.5, 0.6) is 5.75 Å². The van der Waals surface area contributed by atoms with Gasteiger partial charge >= 0.3 is 0 Å². The number of carbonyl (C=O) groups excluding carboxylic acids is 1. The molecule has 0 saturated carbocycles. The van der Waals surface area contributed by atoms with Gasteiger partial charge in [0.05, 0.1) is 29.6 Å². The second-order valence-electron chi connectivity index (χ2n) is 6.19. The number of methoxy groups -OCH3 is 1. The molecule has 0 saturated heterocycles. The summed E-state index contributed by atoms with van der Waals surface area (Å²) in [7, 11) is -2.71. The molecule has 0 atom stereocenters. The Balaban J connectivity index is 1.92. The van der Waals surface area contributed by atoms with E-state index in [0.29, 0.717) is 5.69 Å². The van der Waals surface area contributed by atoms with E-state index in [4.69, 9.17) is 16.3 Å². The number of nitrogens with zero attached hydrogens (tertiary/aromatic N) is 3. The maximum atomic E-state index is 13.3. The first-order valence-electron chi connectivity index (χ1n) is 9.06. The Morgan fingerprint density at radius 1 is 1.16 bits per heavy atom. The van der Waals surface area contributed by atoms with Crippen molar-refractivity contribution in [1.29, 1.82) is 0 Å². The van der Waals surface area contributed by atoms with E-state index in [1.165, 1.54) is 37.6 Å². The van der Waals surface area contributed by atoms with E-state index in [1.54, 1.807) is 48.7 Å². The molecule has 1 amide bonds. The van der Waals surface area contributed by atoms with Crippen LogP contribution in [-0.2, 0) is 14.8 Å². The summed E-state index contributed by atoms with van der Waals surface area (Å²) < 4.78 is 32.9. The van der Waals surface area contributed by atoms with Crippen molar-refractivity contribution in [2.45, 2.75) is 4.90 Å². The standard InChI is InChI=1S/C21H19ClN4O4S/c1-30-20-11-10-16(22)13-19(20)26(31(28,29)18-8-3-2-4-9-18)15-21(27)25-24-14-17-7-5-6-12-23-17/h2-14H,15H2,1H3,(H,25,27)/b24-14+. The molecule has 0 bridgehead atoms. The first-order valence-corrected chi connectivity index (χ1v) is 10.9. The molecule has 0 aliphatic carbocycles. The van der Waals surface area contributed by atoms with Gasteiger partial charge in [-0.15, -0.1) is 0 Å². The Kier molecular flexibility index (Phi) is 7.22. The molecule has 1 heterocycles. The highest BCUT2D eigenvalue weighted by atomic mass is 35.5. The summed E-state index contributed by atoms with van der Waals surface area (Å²) in [5.74, 6) is -0.414. The number of halogens is 1. The molecule has 1 aromatic heterocycles. The number of hydrogen-bond donors (Lipinski definition) is 1. The highest BCUT2D eigenvalue weighted by molar-refractivity contribution is 7.92. The third-order valence-electron chi connectivity index (χ3n) is 4.10. The van der Waals surface area contributed by atoms with Crippen LogP contribution in [0.4, 0.5) is 5.69 Å². The lowest BCUT2D eigenvalue weighted by molar-refractivity contribution is -0.119. The smallest absolute Gasteiger partial charge is 0.264 e. The molecule has 8 nitrogen and oxygen atoms in total. The molecule has 10 heteroatoms. The van der Waals surface area contributed by atoms with Gasteiger partial charge in [0.1, 0.15) is 12.3 Å². The van der Waals surface area contributed by atoms with Crippen LogP contribution in [0.1, 0.15) is 5.69 Å². The maximum absolute atomic E-state index is 13.3. The highest BCUT2D eigenvalue weighted by Crippen LogP contribution is 2.34. The predicted molar refractivity (Wildman–Crippen MR) is 119 cm³/mol. The lowest BCUT2D eigenvalue weighted by atomic mass is 10.3. The van der Waals surface area contributed by atoms with Crippen molar-refractivity contribution in [2.75, 3.05) is 18.0 Å². The maximum Gasteiger partial charge on any atom is 0.264 e. The highest BCUT2D eigenvalue weighted by Gasteiger charge is 2.29. The number of benzene rings is 2. The van der Waals surface area contributed by atoms with Gasteiger partial charge in [-0.05, 0) is 42.5 Å². The van der Waals surface area contributed by atoms with E-state index >= 15 is 0 Å². The van der Waals surface area contributed by atoms with Crippen LogP contribution in [0.25, 0.3) is 0 Å². The van der Waals surface area contributed by atoms with Crippen molar-refractivity contribution in [3.05, 3.63) is 83.6 Å². The Bertz CT molecular complexity index is 1170. The van der Waals surface area contributed by atoms with Crippen molar-refractivity contribution >= 4 is 39.4 Å². The minimum absolute atomic E-state index is 0.0156. The molecule has 0 unspecified atom stereocenters. The third kappa shape index (κ3) is 5.59. The monoisotopic (exact) mass is 458 g/mol. The normalized spacial score (nSPS) is 11.3. The average molecular weight is 459 g/mol. The van der Waals surface area contributed by atoms with Crippen molar-refractivity contribution in [3.8, 4) is 5.75 Å². The number of amides is 1. The zero-order valence-corrected chi connectivity index (χ0v) is 18.0. The second-order valence-corrected chi connectivity index (χ2v) is 8.49. The molecular weight excluding hydrogens is 440 g/mol. The Morgan fingerprint density at radius 3 is 2.58 bits per heavy atom. The number of nitrogens with one attached hydrogen (secondary N) is 1. The number of aromatic nitrogens is 1. The molecular formula is C21H19ClN4O4S. The summed E-state index contributed by atoms with van der Waals surface area (Å²) in [6, 6.07) is 17.5. The number of pyridine rings is 1. The Morgan fingerprint density at radius 2 is 1.90 bits per heavy atom.